The minimum absolute atomic E-state index is 0.307. The average molecular weight is 441 g/mol. The quantitative estimate of drug-likeness (QED) is 0.299. The van der Waals surface area contributed by atoms with Crippen LogP contribution in [0.5, 0.6) is 17.2 Å². The maximum atomic E-state index is 9.39. The Morgan fingerprint density at radius 1 is 1.09 bits per heavy atom. The van der Waals surface area contributed by atoms with E-state index < -0.39 is 0 Å². The molecule has 32 heavy (non-hydrogen) atoms. The van der Waals surface area contributed by atoms with Gasteiger partial charge in [-0.3, -0.25) is 9.89 Å². The van der Waals surface area contributed by atoms with Gasteiger partial charge in [0, 0.05) is 44.8 Å². The number of nitrogens with one attached hydrogen (secondary N) is 2. The van der Waals surface area contributed by atoms with Crippen LogP contribution in [0.1, 0.15) is 30.9 Å². The van der Waals surface area contributed by atoms with Gasteiger partial charge in [0.2, 0.25) is 0 Å². The molecule has 0 spiro atoms. The number of phenols is 1. The van der Waals surface area contributed by atoms with Gasteiger partial charge >= 0.3 is 0 Å². The zero-order chi connectivity index (χ0) is 22.8. The zero-order valence-corrected chi connectivity index (χ0v) is 19.4. The predicted octanol–water partition coefficient (Wildman–Crippen LogP) is 3.17. The van der Waals surface area contributed by atoms with Gasteiger partial charge in [-0.25, -0.2) is 0 Å². The van der Waals surface area contributed by atoms with Gasteiger partial charge in [-0.1, -0.05) is 12.1 Å². The summed E-state index contributed by atoms with van der Waals surface area (Å²) in [7, 11) is 3.36. The minimum Gasteiger partial charge on any atom is -0.508 e. The first-order chi connectivity index (χ1) is 15.6. The van der Waals surface area contributed by atoms with E-state index in [0.29, 0.717) is 11.8 Å². The molecule has 1 heterocycles. The van der Waals surface area contributed by atoms with E-state index in [0.717, 1.165) is 69.4 Å². The van der Waals surface area contributed by atoms with Crippen molar-refractivity contribution < 1.29 is 14.6 Å². The molecule has 3 rings (SSSR count). The Hall–Kier alpha value is -2.93. The highest BCUT2D eigenvalue weighted by Crippen LogP contribution is 2.24. The Morgan fingerprint density at radius 2 is 1.81 bits per heavy atom. The van der Waals surface area contributed by atoms with E-state index in [1.807, 2.05) is 18.2 Å². The molecule has 7 nitrogen and oxygen atoms in total. The smallest absolute Gasteiger partial charge is 0.191 e. The third kappa shape index (κ3) is 7.34. The van der Waals surface area contributed by atoms with Crippen LogP contribution in [0.4, 0.5) is 0 Å². The lowest BCUT2D eigenvalue weighted by Gasteiger charge is -2.19. The molecule has 0 saturated carbocycles. The third-order valence-corrected chi connectivity index (χ3v) is 5.60. The van der Waals surface area contributed by atoms with E-state index in [1.54, 1.807) is 26.4 Å². The van der Waals surface area contributed by atoms with Crippen LogP contribution in [0, 0.1) is 0 Å². The second-order valence-corrected chi connectivity index (χ2v) is 8.12. The number of phenolic OH excluding ortho intramolecular Hbond substituents is 1. The predicted molar refractivity (Wildman–Crippen MR) is 129 cm³/mol. The largest absolute Gasteiger partial charge is 0.508 e. The molecule has 0 radical (unpaired) electrons. The van der Waals surface area contributed by atoms with Crippen LogP contribution in [0.2, 0.25) is 0 Å². The molecular formula is C25H36N4O3. The summed E-state index contributed by atoms with van der Waals surface area (Å²) in [6.45, 7) is 6.56. The van der Waals surface area contributed by atoms with E-state index in [2.05, 4.69) is 34.6 Å². The first kappa shape index (κ1) is 23.7. The number of aliphatic imine (C=N–C) groups is 1. The number of methoxy groups -OCH3 is 2. The first-order valence-corrected chi connectivity index (χ1v) is 11.4. The van der Waals surface area contributed by atoms with Crippen molar-refractivity contribution in [1.82, 2.24) is 15.5 Å². The summed E-state index contributed by atoms with van der Waals surface area (Å²) in [5.74, 6) is 2.83. The van der Waals surface area contributed by atoms with Crippen molar-refractivity contribution in [2.24, 2.45) is 4.99 Å². The minimum atomic E-state index is 0.307. The number of aryl methyl sites for hydroxylation is 1. The number of aromatic hydroxyl groups is 1. The van der Waals surface area contributed by atoms with Crippen molar-refractivity contribution in [2.45, 2.75) is 38.8 Å². The maximum Gasteiger partial charge on any atom is 0.191 e. The summed E-state index contributed by atoms with van der Waals surface area (Å²) >= 11 is 0. The van der Waals surface area contributed by atoms with Crippen LogP contribution in [0.3, 0.4) is 0 Å². The van der Waals surface area contributed by atoms with Crippen molar-refractivity contribution in [3.63, 3.8) is 0 Å². The Morgan fingerprint density at radius 3 is 2.47 bits per heavy atom. The average Bonchev–Trinajstić information content (AvgIpc) is 3.24. The highest BCUT2D eigenvalue weighted by molar-refractivity contribution is 5.80. The Balaban J connectivity index is 1.48. The summed E-state index contributed by atoms with van der Waals surface area (Å²) in [5, 5.41) is 16.4. The van der Waals surface area contributed by atoms with Crippen LogP contribution in [0.15, 0.2) is 47.5 Å². The summed E-state index contributed by atoms with van der Waals surface area (Å²) in [6.07, 6.45) is 3.00. The molecule has 2 aromatic rings. The molecule has 0 amide bonds. The number of hydrogen-bond acceptors (Lipinski definition) is 5. The van der Waals surface area contributed by atoms with E-state index in [4.69, 9.17) is 14.5 Å². The van der Waals surface area contributed by atoms with Gasteiger partial charge in [0.05, 0.1) is 14.2 Å². The topological polar surface area (TPSA) is 78.4 Å². The van der Waals surface area contributed by atoms with Crippen LogP contribution in [-0.4, -0.2) is 62.4 Å². The molecule has 1 aliphatic heterocycles. The molecule has 0 aliphatic carbocycles. The Labute approximate surface area is 191 Å². The van der Waals surface area contributed by atoms with Crippen LogP contribution in [0.25, 0.3) is 0 Å². The van der Waals surface area contributed by atoms with Crippen molar-refractivity contribution in [1.29, 1.82) is 0 Å². The van der Waals surface area contributed by atoms with Crippen molar-refractivity contribution in [3.8, 4) is 17.2 Å². The van der Waals surface area contributed by atoms with Gasteiger partial charge in [0.15, 0.2) is 5.96 Å². The molecule has 1 fully saturated rings. The molecule has 0 bridgehead atoms. The van der Waals surface area contributed by atoms with Crippen LogP contribution < -0.4 is 20.1 Å². The van der Waals surface area contributed by atoms with Gasteiger partial charge in [0.25, 0.3) is 0 Å². The van der Waals surface area contributed by atoms with Gasteiger partial charge < -0.3 is 25.2 Å². The van der Waals surface area contributed by atoms with E-state index in [1.165, 1.54) is 11.1 Å². The molecule has 1 saturated heterocycles. The number of hydrogen-bond donors (Lipinski definition) is 3. The number of rotatable bonds is 10. The molecule has 174 valence electrons. The van der Waals surface area contributed by atoms with Crippen molar-refractivity contribution in [2.75, 3.05) is 40.4 Å². The van der Waals surface area contributed by atoms with Crippen LogP contribution >= 0.6 is 0 Å². The fourth-order valence-electron chi connectivity index (χ4n) is 3.96. The fourth-order valence-corrected chi connectivity index (χ4v) is 3.96. The first-order valence-electron chi connectivity index (χ1n) is 11.4. The molecule has 7 heteroatoms. The summed E-state index contributed by atoms with van der Waals surface area (Å²) in [4.78, 5) is 7.20. The molecule has 1 atom stereocenters. The lowest BCUT2D eigenvalue weighted by Crippen LogP contribution is -2.44. The lowest BCUT2D eigenvalue weighted by molar-refractivity contribution is 0.321. The number of likely N-dealkylation sites (tertiary alicyclic amines) is 1. The number of benzene rings is 2. The molecule has 1 unspecified atom stereocenters. The molecule has 3 N–H and O–H groups in total. The standard InChI is InChI=1S/C25H36N4O3/c1-4-26-25(27-12-5-6-19-7-9-22(30)10-8-19)28-21-11-13-29(18-21)17-20-14-23(31-2)16-24(15-20)32-3/h7-10,14-16,21,30H,4-6,11-13,17-18H2,1-3H3,(H2,26,27,28). The van der Waals surface area contributed by atoms with Gasteiger partial charge in [-0.2, -0.15) is 0 Å². The number of nitrogens with zero attached hydrogens (tertiary/aromatic N) is 2. The van der Waals surface area contributed by atoms with Gasteiger partial charge in [-0.15, -0.1) is 0 Å². The second-order valence-electron chi connectivity index (χ2n) is 8.12. The fraction of sp³-hybridized carbons (Fsp3) is 0.480. The SMILES string of the molecule is CCNC(=NCCCc1ccc(O)cc1)NC1CCN(Cc2cc(OC)cc(OC)c2)C1. The monoisotopic (exact) mass is 440 g/mol. The summed E-state index contributed by atoms with van der Waals surface area (Å²) < 4.78 is 10.8. The molecule has 2 aromatic carbocycles. The van der Waals surface area contributed by atoms with Crippen molar-refractivity contribution in [3.05, 3.63) is 53.6 Å². The van der Waals surface area contributed by atoms with Gasteiger partial charge in [0.1, 0.15) is 17.2 Å². The highest BCUT2D eigenvalue weighted by Gasteiger charge is 2.23. The van der Waals surface area contributed by atoms with Gasteiger partial charge in [-0.05, 0) is 61.6 Å². The summed E-state index contributed by atoms with van der Waals surface area (Å²) in [5.41, 5.74) is 2.41. The van der Waals surface area contributed by atoms with E-state index in [-0.39, 0.29) is 0 Å². The molecule has 0 aromatic heterocycles. The van der Waals surface area contributed by atoms with Crippen molar-refractivity contribution >= 4 is 5.96 Å². The Bertz CT molecular complexity index is 848. The molecular weight excluding hydrogens is 404 g/mol. The summed E-state index contributed by atoms with van der Waals surface area (Å²) in [6, 6.07) is 13.8. The zero-order valence-electron chi connectivity index (χ0n) is 19.4. The van der Waals surface area contributed by atoms with E-state index in [9.17, 15) is 5.11 Å². The maximum absolute atomic E-state index is 9.39. The normalized spacial score (nSPS) is 16.7. The Kier molecular flexibility index (Phi) is 9.04. The highest BCUT2D eigenvalue weighted by atomic mass is 16.5. The van der Waals surface area contributed by atoms with Crippen LogP contribution in [-0.2, 0) is 13.0 Å². The molecule has 1 aliphatic rings. The second kappa shape index (κ2) is 12.2. The number of ether oxygens (including phenoxy) is 2. The third-order valence-electron chi connectivity index (χ3n) is 5.60. The number of guanidine groups is 1. The van der Waals surface area contributed by atoms with E-state index >= 15 is 0 Å². The lowest BCUT2D eigenvalue weighted by atomic mass is 10.1.